The topological polar surface area (TPSA) is 142 Å². The molecule has 0 aliphatic carbocycles. The van der Waals surface area contributed by atoms with Crippen molar-refractivity contribution in [3.63, 3.8) is 0 Å². The Morgan fingerprint density at radius 1 is 1.06 bits per heavy atom. The second-order valence-corrected chi connectivity index (χ2v) is 7.09. The maximum atomic E-state index is 12.6. The molecule has 0 saturated carbocycles. The third kappa shape index (κ3) is 8.94. The van der Waals surface area contributed by atoms with Crippen molar-refractivity contribution in [2.45, 2.75) is 12.8 Å². The van der Waals surface area contributed by atoms with Gasteiger partial charge in [0.15, 0.2) is 30.5 Å². The van der Waals surface area contributed by atoms with Crippen LogP contribution in [-0.4, -0.2) is 78.6 Å². The van der Waals surface area contributed by atoms with E-state index in [2.05, 4.69) is 5.32 Å². The van der Waals surface area contributed by atoms with Crippen LogP contribution in [-0.2, 0) is 14.4 Å². The van der Waals surface area contributed by atoms with E-state index in [9.17, 15) is 19.2 Å². The molecule has 0 atom stereocenters. The SMILES string of the molecule is CN(CC(=O)c1ccc(OCC(=O)O)c(OCC(=O)O)c1)C(=O)C=CC1CCNCC1.Cl. The van der Waals surface area contributed by atoms with E-state index in [-0.39, 0.29) is 41.9 Å². The van der Waals surface area contributed by atoms with Crippen LogP contribution in [0.25, 0.3) is 0 Å². The Morgan fingerprint density at radius 2 is 1.66 bits per heavy atom. The molecule has 0 aromatic heterocycles. The molecular formula is C21H27ClN2O8. The summed E-state index contributed by atoms with van der Waals surface area (Å²) in [5.41, 5.74) is 0.171. The van der Waals surface area contributed by atoms with Gasteiger partial charge in [0, 0.05) is 12.6 Å². The summed E-state index contributed by atoms with van der Waals surface area (Å²) in [7, 11) is 1.51. The summed E-state index contributed by atoms with van der Waals surface area (Å²) in [6.07, 6.45) is 5.27. The number of rotatable bonds is 11. The van der Waals surface area contributed by atoms with Crippen LogP contribution in [0.1, 0.15) is 23.2 Å². The molecule has 1 heterocycles. The summed E-state index contributed by atoms with van der Waals surface area (Å²) in [4.78, 5) is 47.7. The molecule has 1 aromatic carbocycles. The standard InChI is InChI=1S/C21H26N2O8.ClH/c1-23(19(25)5-2-14-6-8-22-9-7-14)11-16(24)15-3-4-17(30-12-20(26)27)18(10-15)31-13-21(28)29;/h2-5,10,14,22H,6-9,11-13H2,1H3,(H,26,27)(H,28,29);1H. The fourth-order valence-electron chi connectivity index (χ4n) is 2.96. The van der Waals surface area contributed by atoms with Crippen molar-refractivity contribution >= 4 is 36.0 Å². The fraction of sp³-hybridized carbons (Fsp3) is 0.429. The highest BCUT2D eigenvalue weighted by Crippen LogP contribution is 2.29. The van der Waals surface area contributed by atoms with Gasteiger partial charge in [0.05, 0.1) is 6.54 Å². The van der Waals surface area contributed by atoms with Crippen LogP contribution in [0.4, 0.5) is 0 Å². The largest absolute Gasteiger partial charge is 0.479 e. The fourth-order valence-corrected chi connectivity index (χ4v) is 2.96. The molecule has 0 spiro atoms. The van der Waals surface area contributed by atoms with E-state index in [1.165, 1.54) is 36.2 Å². The van der Waals surface area contributed by atoms with Crippen molar-refractivity contribution in [3.8, 4) is 11.5 Å². The van der Waals surface area contributed by atoms with E-state index in [4.69, 9.17) is 19.7 Å². The summed E-state index contributed by atoms with van der Waals surface area (Å²) in [6, 6.07) is 3.99. The van der Waals surface area contributed by atoms with Gasteiger partial charge in [0.25, 0.3) is 0 Å². The number of aliphatic carboxylic acids is 2. The highest BCUT2D eigenvalue weighted by molar-refractivity contribution is 6.01. The first-order chi connectivity index (χ1) is 14.8. The van der Waals surface area contributed by atoms with E-state index in [1.54, 1.807) is 0 Å². The summed E-state index contributed by atoms with van der Waals surface area (Å²) < 4.78 is 10.2. The molecular weight excluding hydrogens is 444 g/mol. The number of nitrogens with one attached hydrogen (secondary N) is 1. The summed E-state index contributed by atoms with van der Waals surface area (Å²) in [5.74, 6) is -2.90. The molecule has 0 unspecified atom stereocenters. The number of amides is 1. The lowest BCUT2D eigenvalue weighted by atomic mass is 9.98. The van der Waals surface area contributed by atoms with Crippen LogP contribution >= 0.6 is 12.4 Å². The Morgan fingerprint density at radius 3 is 2.25 bits per heavy atom. The molecule has 1 aliphatic rings. The van der Waals surface area contributed by atoms with Crippen molar-refractivity contribution in [1.82, 2.24) is 10.2 Å². The average Bonchev–Trinajstić information content (AvgIpc) is 2.75. The number of allylic oxidation sites excluding steroid dienone is 1. The minimum absolute atomic E-state index is 0. The zero-order valence-electron chi connectivity index (χ0n) is 17.6. The third-order valence-electron chi connectivity index (χ3n) is 4.62. The molecule has 1 saturated heterocycles. The Hall–Kier alpha value is -3.11. The number of carbonyl (C=O) groups excluding carboxylic acids is 2. The summed E-state index contributed by atoms with van der Waals surface area (Å²) in [5, 5.41) is 20.8. The highest BCUT2D eigenvalue weighted by Gasteiger charge is 2.17. The molecule has 1 aliphatic heterocycles. The highest BCUT2D eigenvalue weighted by atomic mass is 35.5. The first-order valence-electron chi connectivity index (χ1n) is 9.76. The van der Waals surface area contributed by atoms with Gasteiger partial charge in [-0.25, -0.2) is 9.59 Å². The zero-order valence-corrected chi connectivity index (χ0v) is 18.4. The maximum absolute atomic E-state index is 12.6. The molecule has 1 aromatic rings. The van der Waals surface area contributed by atoms with E-state index in [0.29, 0.717) is 5.92 Å². The quantitative estimate of drug-likeness (QED) is 0.321. The predicted octanol–water partition coefficient (Wildman–Crippen LogP) is 1.23. The van der Waals surface area contributed by atoms with Crippen LogP contribution in [0.5, 0.6) is 11.5 Å². The number of carboxylic acid groups (broad SMARTS) is 2. The van der Waals surface area contributed by atoms with Crippen LogP contribution in [0.3, 0.4) is 0 Å². The molecule has 1 amide bonds. The number of ether oxygens (including phenoxy) is 2. The van der Waals surface area contributed by atoms with Crippen LogP contribution in [0.2, 0.25) is 0 Å². The van der Waals surface area contributed by atoms with Crippen LogP contribution in [0, 0.1) is 5.92 Å². The van der Waals surface area contributed by atoms with E-state index in [0.717, 1.165) is 25.9 Å². The Balaban J connectivity index is 0.00000512. The third-order valence-corrected chi connectivity index (χ3v) is 4.62. The summed E-state index contributed by atoms with van der Waals surface area (Å²) >= 11 is 0. The van der Waals surface area contributed by atoms with Crippen molar-refractivity contribution in [3.05, 3.63) is 35.9 Å². The van der Waals surface area contributed by atoms with E-state index >= 15 is 0 Å². The van der Waals surface area contributed by atoms with Crippen molar-refractivity contribution < 1.29 is 38.9 Å². The van der Waals surface area contributed by atoms with Crippen molar-refractivity contribution in [2.75, 3.05) is 39.9 Å². The number of piperidine rings is 1. The number of likely N-dealkylation sites (N-methyl/N-ethyl adjacent to an activating group) is 1. The zero-order chi connectivity index (χ0) is 22.8. The van der Waals surface area contributed by atoms with Gasteiger partial charge < -0.3 is 29.9 Å². The number of Topliss-reactive ketones (excluding diaryl/α,β-unsaturated/α-hetero) is 1. The second kappa shape index (κ2) is 13.3. The molecule has 2 rings (SSSR count). The van der Waals surface area contributed by atoms with Gasteiger partial charge in [-0.2, -0.15) is 0 Å². The van der Waals surface area contributed by atoms with Crippen LogP contribution < -0.4 is 14.8 Å². The van der Waals surface area contributed by atoms with Gasteiger partial charge in [-0.05, 0) is 56.1 Å². The van der Waals surface area contributed by atoms with Crippen LogP contribution in [0.15, 0.2) is 30.4 Å². The molecule has 3 N–H and O–H groups in total. The molecule has 0 radical (unpaired) electrons. The van der Waals surface area contributed by atoms with Gasteiger partial charge in [-0.3, -0.25) is 9.59 Å². The first-order valence-corrected chi connectivity index (χ1v) is 9.76. The molecule has 1 fully saturated rings. The summed E-state index contributed by atoms with van der Waals surface area (Å²) in [6.45, 7) is 0.285. The number of carbonyl (C=O) groups is 4. The van der Waals surface area contributed by atoms with Gasteiger partial charge in [-0.1, -0.05) is 6.08 Å². The number of hydrogen-bond acceptors (Lipinski definition) is 7. The van der Waals surface area contributed by atoms with Gasteiger partial charge in [0.1, 0.15) is 0 Å². The molecule has 176 valence electrons. The number of carboxylic acids is 2. The average molecular weight is 471 g/mol. The van der Waals surface area contributed by atoms with E-state index < -0.39 is 30.9 Å². The van der Waals surface area contributed by atoms with Gasteiger partial charge >= 0.3 is 11.9 Å². The minimum Gasteiger partial charge on any atom is -0.479 e. The second-order valence-electron chi connectivity index (χ2n) is 7.09. The molecule has 0 bridgehead atoms. The normalized spacial score (nSPS) is 13.8. The van der Waals surface area contributed by atoms with Crippen molar-refractivity contribution in [1.29, 1.82) is 0 Å². The lowest BCUT2D eigenvalue weighted by Crippen LogP contribution is -2.31. The first kappa shape index (κ1) is 26.9. The molecule has 10 nitrogen and oxygen atoms in total. The lowest BCUT2D eigenvalue weighted by Gasteiger charge is -2.20. The monoisotopic (exact) mass is 470 g/mol. The maximum Gasteiger partial charge on any atom is 0.341 e. The number of halogens is 1. The number of hydrogen-bond donors (Lipinski definition) is 3. The van der Waals surface area contributed by atoms with Gasteiger partial charge in [0.2, 0.25) is 5.91 Å². The minimum atomic E-state index is -1.24. The van der Waals surface area contributed by atoms with Gasteiger partial charge in [-0.15, -0.1) is 12.4 Å². The Labute approximate surface area is 191 Å². The Kier molecular flexibility index (Phi) is 11.2. The van der Waals surface area contributed by atoms with Crippen molar-refractivity contribution in [2.24, 2.45) is 5.92 Å². The smallest absolute Gasteiger partial charge is 0.341 e. The molecule has 11 heteroatoms. The molecule has 32 heavy (non-hydrogen) atoms. The van der Waals surface area contributed by atoms with E-state index in [1.807, 2.05) is 6.08 Å². The number of ketones is 1. The number of nitrogens with zero attached hydrogens (tertiary/aromatic N) is 1. The Bertz CT molecular complexity index is 852. The predicted molar refractivity (Wildman–Crippen MR) is 117 cm³/mol. The number of benzene rings is 1. The lowest BCUT2D eigenvalue weighted by molar-refractivity contribution is -0.140.